The van der Waals surface area contributed by atoms with Gasteiger partial charge in [-0.2, -0.15) is 0 Å². The Morgan fingerprint density at radius 2 is 2.16 bits per heavy atom. The van der Waals surface area contributed by atoms with Crippen molar-refractivity contribution in [1.82, 2.24) is 29.3 Å². The summed E-state index contributed by atoms with van der Waals surface area (Å²) >= 11 is 0. The number of hydrogen-bond donors (Lipinski definition) is 1. The van der Waals surface area contributed by atoms with Crippen molar-refractivity contribution < 1.29 is 4.39 Å². The van der Waals surface area contributed by atoms with Gasteiger partial charge < -0.3 is 19.4 Å². The summed E-state index contributed by atoms with van der Waals surface area (Å²) in [5.41, 5.74) is 1.34. The smallest absolute Gasteiger partial charge is 0.194 e. The number of aryl methyl sites for hydroxylation is 1. The van der Waals surface area contributed by atoms with Crippen LogP contribution in [0.2, 0.25) is 0 Å². The Hall–Kier alpha value is -3.16. The largest absolute Gasteiger partial charge is 0.357 e. The second kappa shape index (κ2) is 9.32. The number of imidazole rings is 2. The van der Waals surface area contributed by atoms with E-state index < -0.39 is 0 Å². The number of nitrogens with zero attached hydrogens (tertiary/aromatic N) is 6. The molecule has 0 saturated carbocycles. The molecule has 0 radical (unpaired) electrons. The second-order valence-electron chi connectivity index (χ2n) is 8.09. The van der Waals surface area contributed by atoms with Crippen LogP contribution in [-0.4, -0.2) is 49.6 Å². The topological polar surface area (TPSA) is 63.3 Å². The van der Waals surface area contributed by atoms with Crippen molar-refractivity contribution in [3.8, 4) is 5.69 Å². The maximum absolute atomic E-state index is 14.7. The van der Waals surface area contributed by atoms with Crippen molar-refractivity contribution in [1.29, 1.82) is 0 Å². The van der Waals surface area contributed by atoms with Crippen molar-refractivity contribution in [3.05, 3.63) is 66.5 Å². The molecule has 7 nitrogen and oxygen atoms in total. The summed E-state index contributed by atoms with van der Waals surface area (Å²) < 4.78 is 18.7. The Kier molecular flexibility index (Phi) is 6.34. The molecule has 31 heavy (non-hydrogen) atoms. The molecular weight excluding hydrogens is 393 g/mol. The van der Waals surface area contributed by atoms with E-state index in [1.54, 1.807) is 29.1 Å². The summed E-state index contributed by atoms with van der Waals surface area (Å²) in [6.07, 6.45) is 10.3. The molecule has 2 aromatic heterocycles. The number of benzene rings is 1. The SMILES string of the molecule is CCNC(=NCc1ccc(-n2ccnc2C)c(F)c1)N1CCC(C)C(n2ccnc2)C1. The Morgan fingerprint density at radius 1 is 1.29 bits per heavy atom. The molecule has 0 aliphatic carbocycles. The van der Waals surface area contributed by atoms with Gasteiger partial charge in [0.25, 0.3) is 0 Å². The molecule has 1 aliphatic rings. The van der Waals surface area contributed by atoms with Gasteiger partial charge in [-0.1, -0.05) is 13.0 Å². The van der Waals surface area contributed by atoms with Gasteiger partial charge in [-0.25, -0.2) is 19.4 Å². The molecule has 2 atom stereocenters. The average Bonchev–Trinajstić information content (AvgIpc) is 3.44. The number of halogens is 1. The van der Waals surface area contributed by atoms with E-state index >= 15 is 0 Å². The minimum atomic E-state index is -0.272. The van der Waals surface area contributed by atoms with E-state index in [1.165, 1.54) is 0 Å². The number of hydrogen-bond acceptors (Lipinski definition) is 3. The summed E-state index contributed by atoms with van der Waals surface area (Å²) in [6.45, 7) is 9.24. The lowest BCUT2D eigenvalue weighted by atomic mass is 9.93. The molecule has 1 fully saturated rings. The molecular formula is C23H30FN7. The number of aliphatic imine (C=N–C) groups is 1. The first-order valence-electron chi connectivity index (χ1n) is 10.9. The summed E-state index contributed by atoms with van der Waals surface area (Å²) in [4.78, 5) is 15.5. The number of piperidine rings is 1. The first-order chi connectivity index (χ1) is 15.1. The van der Waals surface area contributed by atoms with Crippen LogP contribution < -0.4 is 5.32 Å². The van der Waals surface area contributed by atoms with Crippen LogP contribution >= 0.6 is 0 Å². The number of rotatable bonds is 5. The molecule has 0 bridgehead atoms. The zero-order valence-corrected chi connectivity index (χ0v) is 18.4. The van der Waals surface area contributed by atoms with Gasteiger partial charge in [0.1, 0.15) is 11.6 Å². The Balaban J connectivity index is 1.50. The normalized spacial score (nSPS) is 19.6. The van der Waals surface area contributed by atoms with Crippen molar-refractivity contribution in [3.63, 3.8) is 0 Å². The summed E-state index contributed by atoms with van der Waals surface area (Å²) in [6, 6.07) is 5.64. The van der Waals surface area contributed by atoms with Crippen LogP contribution in [0.25, 0.3) is 5.69 Å². The molecule has 0 amide bonds. The van der Waals surface area contributed by atoms with Crippen molar-refractivity contribution in [2.24, 2.45) is 10.9 Å². The first-order valence-corrected chi connectivity index (χ1v) is 10.9. The van der Waals surface area contributed by atoms with Crippen LogP contribution in [0.4, 0.5) is 4.39 Å². The van der Waals surface area contributed by atoms with Gasteiger partial charge in [0.2, 0.25) is 0 Å². The number of likely N-dealkylation sites (tertiary alicyclic amines) is 1. The summed E-state index contributed by atoms with van der Waals surface area (Å²) in [5.74, 6) is 1.92. The third-order valence-electron chi connectivity index (χ3n) is 5.97. The van der Waals surface area contributed by atoms with Gasteiger partial charge in [0.05, 0.1) is 24.6 Å². The standard InChI is InChI=1S/C23H30FN7/c1-4-26-23(29-10-7-17(2)22(15-29)30-11-8-25-16-30)28-14-19-5-6-21(20(24)13-19)31-12-9-27-18(31)3/h5-6,8-9,11-13,16-17,22H,4,7,10,14-15H2,1-3H3,(H,26,28). The summed E-state index contributed by atoms with van der Waals surface area (Å²) in [7, 11) is 0. The van der Waals surface area contributed by atoms with Crippen molar-refractivity contribution in [2.75, 3.05) is 19.6 Å². The number of aromatic nitrogens is 4. The molecule has 3 heterocycles. The quantitative estimate of drug-likeness (QED) is 0.503. The Morgan fingerprint density at radius 3 is 2.84 bits per heavy atom. The summed E-state index contributed by atoms with van der Waals surface area (Å²) in [5, 5.41) is 3.40. The Labute approximate surface area is 182 Å². The van der Waals surface area contributed by atoms with Crippen LogP contribution in [0.15, 0.2) is 54.3 Å². The molecule has 1 aromatic carbocycles. The average molecular weight is 424 g/mol. The van der Waals surface area contributed by atoms with E-state index in [2.05, 4.69) is 38.6 Å². The van der Waals surface area contributed by atoms with Gasteiger partial charge >= 0.3 is 0 Å². The number of nitrogens with one attached hydrogen (secondary N) is 1. The van der Waals surface area contributed by atoms with Crippen LogP contribution in [0.5, 0.6) is 0 Å². The molecule has 8 heteroatoms. The molecule has 0 spiro atoms. The zero-order valence-electron chi connectivity index (χ0n) is 18.4. The molecule has 1 N–H and O–H groups in total. The van der Waals surface area contributed by atoms with Gasteiger partial charge in [0, 0.05) is 44.4 Å². The van der Waals surface area contributed by atoms with Gasteiger partial charge in [-0.05, 0) is 43.9 Å². The van der Waals surface area contributed by atoms with Gasteiger partial charge in [0.15, 0.2) is 5.96 Å². The maximum atomic E-state index is 14.7. The van der Waals surface area contributed by atoms with Crippen molar-refractivity contribution in [2.45, 2.75) is 39.8 Å². The lowest BCUT2D eigenvalue weighted by molar-refractivity contribution is 0.189. The van der Waals surface area contributed by atoms with Crippen molar-refractivity contribution >= 4 is 5.96 Å². The molecule has 3 aromatic rings. The molecule has 4 rings (SSSR count). The second-order valence-corrected chi connectivity index (χ2v) is 8.09. The highest BCUT2D eigenvalue weighted by atomic mass is 19.1. The highest BCUT2D eigenvalue weighted by Crippen LogP contribution is 2.27. The Bertz CT molecular complexity index is 1020. The van der Waals surface area contributed by atoms with Crippen LogP contribution in [0.1, 0.15) is 37.7 Å². The molecule has 164 valence electrons. The monoisotopic (exact) mass is 423 g/mol. The third-order valence-corrected chi connectivity index (χ3v) is 5.97. The van der Waals surface area contributed by atoms with E-state index in [0.717, 1.165) is 43.4 Å². The van der Waals surface area contributed by atoms with Gasteiger partial charge in [-0.15, -0.1) is 0 Å². The fourth-order valence-corrected chi connectivity index (χ4v) is 4.16. The predicted molar refractivity (Wildman–Crippen MR) is 120 cm³/mol. The van der Waals surface area contributed by atoms with Crippen LogP contribution in [0.3, 0.4) is 0 Å². The van der Waals surface area contributed by atoms with E-state index in [-0.39, 0.29) is 5.82 Å². The highest BCUT2D eigenvalue weighted by Gasteiger charge is 2.28. The minimum Gasteiger partial charge on any atom is -0.357 e. The van der Waals surface area contributed by atoms with Crippen LogP contribution in [0, 0.1) is 18.7 Å². The molecule has 1 saturated heterocycles. The molecule has 1 aliphatic heterocycles. The zero-order chi connectivity index (χ0) is 21.8. The fraction of sp³-hybridized carbons (Fsp3) is 0.435. The van der Waals surface area contributed by atoms with Crippen LogP contribution in [-0.2, 0) is 6.54 Å². The lowest BCUT2D eigenvalue weighted by Gasteiger charge is -2.39. The van der Waals surface area contributed by atoms with E-state index in [1.807, 2.05) is 31.7 Å². The van der Waals surface area contributed by atoms with E-state index in [0.29, 0.717) is 24.2 Å². The fourth-order valence-electron chi connectivity index (χ4n) is 4.16. The predicted octanol–water partition coefficient (Wildman–Crippen LogP) is 3.56. The maximum Gasteiger partial charge on any atom is 0.194 e. The third kappa shape index (κ3) is 4.62. The van der Waals surface area contributed by atoms with E-state index in [9.17, 15) is 4.39 Å². The highest BCUT2D eigenvalue weighted by molar-refractivity contribution is 5.80. The van der Waals surface area contributed by atoms with Gasteiger partial charge in [-0.3, -0.25) is 0 Å². The number of guanidine groups is 1. The molecule has 2 unspecified atom stereocenters. The minimum absolute atomic E-state index is 0.272. The van der Waals surface area contributed by atoms with E-state index in [4.69, 9.17) is 4.99 Å². The lowest BCUT2D eigenvalue weighted by Crippen LogP contribution is -2.49. The first kappa shape index (κ1) is 21.1.